The highest BCUT2D eigenvalue weighted by atomic mass is 16.5. The van der Waals surface area contributed by atoms with Gasteiger partial charge in [-0.2, -0.15) is 0 Å². The van der Waals surface area contributed by atoms with Gasteiger partial charge in [-0.05, 0) is 66.7 Å². The molecule has 0 N–H and O–H groups in total. The molecule has 0 aliphatic carbocycles. The molecule has 0 atom stereocenters. The Bertz CT molecular complexity index is 462. The summed E-state index contributed by atoms with van der Waals surface area (Å²) in [5.41, 5.74) is -0.0282. The Labute approximate surface area is 115 Å². The van der Waals surface area contributed by atoms with Crippen LogP contribution >= 0.6 is 0 Å². The van der Waals surface area contributed by atoms with Crippen LogP contribution in [0.15, 0.2) is 18.2 Å². The molecule has 0 amide bonds. The highest BCUT2D eigenvalue weighted by molar-refractivity contribution is 5.94. The van der Waals surface area contributed by atoms with Gasteiger partial charge in [0.25, 0.3) is 0 Å². The van der Waals surface area contributed by atoms with E-state index >= 15 is 0 Å². The average Bonchev–Trinajstić information content (AvgIpc) is 2.15. The third kappa shape index (κ3) is 5.33. The molecule has 0 unspecified atom stereocenters. The van der Waals surface area contributed by atoms with E-state index in [1.54, 1.807) is 25.1 Å². The Balaban J connectivity index is 3.19. The van der Waals surface area contributed by atoms with Crippen LogP contribution in [0.4, 0.5) is 0 Å². The van der Waals surface area contributed by atoms with Crippen LogP contribution in [0.25, 0.3) is 0 Å². The summed E-state index contributed by atoms with van der Waals surface area (Å²) in [5, 5.41) is 0. The second kappa shape index (κ2) is 5.24. The fraction of sp³-hybridized carbons (Fsp3) is 0.562. The fourth-order valence-electron chi connectivity index (χ4n) is 1.55. The molecule has 0 aliphatic rings. The summed E-state index contributed by atoms with van der Waals surface area (Å²) in [6.45, 7) is 13.4. The third-order valence-electron chi connectivity index (χ3n) is 2.18. The van der Waals surface area contributed by atoms with Gasteiger partial charge < -0.3 is 9.47 Å². The molecule has 0 saturated heterocycles. The maximum atomic E-state index is 11.5. The van der Waals surface area contributed by atoms with Gasteiger partial charge in [0.05, 0.1) is 0 Å². The van der Waals surface area contributed by atoms with Crippen LogP contribution in [0.5, 0.6) is 11.5 Å². The van der Waals surface area contributed by atoms with Crippen LogP contribution in [0.1, 0.15) is 58.8 Å². The van der Waals surface area contributed by atoms with Crippen LogP contribution < -0.4 is 9.47 Å². The van der Waals surface area contributed by atoms with Crippen molar-refractivity contribution in [1.82, 2.24) is 0 Å². The first-order valence-corrected chi connectivity index (χ1v) is 6.51. The summed E-state index contributed by atoms with van der Waals surface area (Å²) in [6, 6.07) is 5.30. The van der Waals surface area contributed by atoms with E-state index in [9.17, 15) is 4.79 Å². The quantitative estimate of drug-likeness (QED) is 0.766. The molecule has 0 bridgehead atoms. The first-order valence-electron chi connectivity index (χ1n) is 6.51. The molecule has 1 rings (SSSR count). The van der Waals surface area contributed by atoms with Crippen molar-refractivity contribution in [2.75, 3.05) is 0 Å². The van der Waals surface area contributed by atoms with E-state index in [1.165, 1.54) is 0 Å². The predicted octanol–water partition coefficient (Wildman–Crippen LogP) is 4.24. The zero-order valence-corrected chi connectivity index (χ0v) is 13.0. The minimum atomic E-state index is -0.342. The van der Waals surface area contributed by atoms with E-state index in [4.69, 9.17) is 9.47 Å². The largest absolute Gasteiger partial charge is 0.484 e. The summed E-state index contributed by atoms with van der Waals surface area (Å²) in [5.74, 6) is 1.28. The lowest BCUT2D eigenvalue weighted by atomic mass is 10.1. The number of ether oxygens (including phenoxy) is 2. The van der Waals surface area contributed by atoms with Gasteiger partial charge in [-0.1, -0.05) is 0 Å². The Hall–Kier alpha value is -1.51. The smallest absolute Gasteiger partial charge is 0.162 e. The zero-order chi connectivity index (χ0) is 14.8. The number of carbonyl (C=O) groups excluding carboxylic acids is 1. The molecule has 3 heteroatoms. The maximum Gasteiger partial charge on any atom is 0.162 e. The van der Waals surface area contributed by atoms with Gasteiger partial charge in [0.2, 0.25) is 0 Å². The molecule has 0 aliphatic heterocycles. The summed E-state index contributed by atoms with van der Waals surface area (Å²) < 4.78 is 11.8. The normalized spacial score (nSPS) is 12.2. The van der Waals surface area contributed by atoms with Crippen molar-refractivity contribution in [1.29, 1.82) is 0 Å². The van der Waals surface area contributed by atoms with Gasteiger partial charge in [0, 0.05) is 5.56 Å². The number of ketones is 1. The molecule has 0 spiro atoms. The Kier molecular flexibility index (Phi) is 4.28. The second-order valence-electron chi connectivity index (χ2n) is 6.65. The predicted molar refractivity (Wildman–Crippen MR) is 77.2 cm³/mol. The van der Waals surface area contributed by atoms with Crippen LogP contribution in [0.3, 0.4) is 0 Å². The SMILES string of the molecule is CC(=O)c1ccc(OC(C)(C)C)c(OC(C)(C)C)c1. The topological polar surface area (TPSA) is 35.5 Å². The van der Waals surface area contributed by atoms with Gasteiger partial charge in [0.15, 0.2) is 17.3 Å². The molecule has 0 aromatic heterocycles. The van der Waals surface area contributed by atoms with Crippen molar-refractivity contribution in [3.63, 3.8) is 0 Å². The van der Waals surface area contributed by atoms with E-state index in [2.05, 4.69) is 0 Å². The molecule has 106 valence electrons. The molecule has 0 saturated carbocycles. The monoisotopic (exact) mass is 264 g/mol. The summed E-state index contributed by atoms with van der Waals surface area (Å²) in [4.78, 5) is 11.5. The minimum absolute atomic E-state index is 0.0149. The van der Waals surface area contributed by atoms with Crippen molar-refractivity contribution in [2.24, 2.45) is 0 Å². The van der Waals surface area contributed by atoms with Crippen molar-refractivity contribution in [3.05, 3.63) is 23.8 Å². The first-order chi connectivity index (χ1) is 8.48. The van der Waals surface area contributed by atoms with Gasteiger partial charge >= 0.3 is 0 Å². The van der Waals surface area contributed by atoms with E-state index < -0.39 is 0 Å². The van der Waals surface area contributed by atoms with Gasteiger partial charge in [0.1, 0.15) is 11.2 Å². The molecule has 0 fully saturated rings. The Morgan fingerprint density at radius 1 is 0.895 bits per heavy atom. The van der Waals surface area contributed by atoms with Crippen LogP contribution in [0, 0.1) is 0 Å². The van der Waals surface area contributed by atoms with Gasteiger partial charge in [-0.15, -0.1) is 0 Å². The number of benzene rings is 1. The highest BCUT2D eigenvalue weighted by Gasteiger charge is 2.20. The molecule has 1 aromatic carbocycles. The first kappa shape index (κ1) is 15.5. The maximum absolute atomic E-state index is 11.5. The molecule has 1 aromatic rings. The number of hydrogen-bond acceptors (Lipinski definition) is 3. The fourth-order valence-corrected chi connectivity index (χ4v) is 1.55. The summed E-state index contributed by atoms with van der Waals surface area (Å²) in [7, 11) is 0. The van der Waals surface area contributed by atoms with Crippen LogP contribution in [-0.2, 0) is 0 Å². The third-order valence-corrected chi connectivity index (χ3v) is 2.18. The van der Waals surface area contributed by atoms with Crippen molar-refractivity contribution >= 4 is 5.78 Å². The lowest BCUT2D eigenvalue weighted by molar-refractivity contribution is 0.0946. The molecule has 19 heavy (non-hydrogen) atoms. The Morgan fingerprint density at radius 3 is 1.79 bits per heavy atom. The van der Waals surface area contributed by atoms with Crippen LogP contribution in [-0.4, -0.2) is 17.0 Å². The molecule has 0 heterocycles. The van der Waals surface area contributed by atoms with Crippen molar-refractivity contribution in [3.8, 4) is 11.5 Å². The highest BCUT2D eigenvalue weighted by Crippen LogP contribution is 2.33. The number of hydrogen-bond donors (Lipinski definition) is 0. The standard InChI is InChI=1S/C16H24O3/c1-11(17)12-8-9-13(18-15(2,3)4)14(10-12)19-16(5,6)7/h8-10H,1-7H3. The van der Waals surface area contributed by atoms with Crippen molar-refractivity contribution in [2.45, 2.75) is 59.7 Å². The Morgan fingerprint density at radius 2 is 1.37 bits per heavy atom. The summed E-state index contributed by atoms with van der Waals surface area (Å²) in [6.07, 6.45) is 0. The van der Waals surface area contributed by atoms with Crippen LogP contribution in [0.2, 0.25) is 0 Å². The van der Waals surface area contributed by atoms with E-state index in [-0.39, 0.29) is 17.0 Å². The number of Topliss-reactive ketones (excluding diaryl/α,β-unsaturated/α-hetero) is 1. The number of carbonyl (C=O) groups is 1. The zero-order valence-electron chi connectivity index (χ0n) is 13.0. The summed E-state index contributed by atoms with van der Waals surface area (Å²) >= 11 is 0. The minimum Gasteiger partial charge on any atom is -0.484 e. The van der Waals surface area contributed by atoms with Gasteiger partial charge in [-0.25, -0.2) is 0 Å². The lowest BCUT2D eigenvalue weighted by Crippen LogP contribution is -2.26. The molecular formula is C16H24O3. The van der Waals surface area contributed by atoms with E-state index in [0.717, 1.165) is 0 Å². The van der Waals surface area contributed by atoms with E-state index in [0.29, 0.717) is 17.1 Å². The molecule has 0 radical (unpaired) electrons. The molecular weight excluding hydrogens is 240 g/mol. The van der Waals surface area contributed by atoms with E-state index in [1.807, 2.05) is 41.5 Å². The van der Waals surface area contributed by atoms with Gasteiger partial charge in [-0.3, -0.25) is 4.79 Å². The van der Waals surface area contributed by atoms with Crippen molar-refractivity contribution < 1.29 is 14.3 Å². The number of rotatable bonds is 3. The average molecular weight is 264 g/mol. The lowest BCUT2D eigenvalue weighted by Gasteiger charge is -2.27. The second-order valence-corrected chi connectivity index (χ2v) is 6.65. The molecule has 3 nitrogen and oxygen atoms in total.